The Bertz CT molecular complexity index is 2870. The van der Waals surface area contributed by atoms with Crippen molar-refractivity contribution in [1.82, 2.24) is 9.97 Å². The second kappa shape index (κ2) is 12.9. The fraction of sp³-hybridized carbons (Fsp3) is 0. The van der Waals surface area contributed by atoms with E-state index in [0.29, 0.717) is 5.82 Å². The molecule has 3 heteroatoms. The molecule has 10 rings (SSSR count). The molecule has 0 aliphatic carbocycles. The van der Waals surface area contributed by atoms with Crippen molar-refractivity contribution in [3.63, 3.8) is 0 Å². The van der Waals surface area contributed by atoms with Crippen molar-refractivity contribution in [2.75, 3.05) is 0 Å². The van der Waals surface area contributed by atoms with Gasteiger partial charge in [-0.25, -0.2) is 9.97 Å². The van der Waals surface area contributed by atoms with Crippen LogP contribution in [0.4, 0.5) is 0 Å². The van der Waals surface area contributed by atoms with Crippen molar-refractivity contribution in [1.29, 1.82) is 0 Å². The van der Waals surface area contributed by atoms with Crippen molar-refractivity contribution < 1.29 is 4.42 Å². The molecule has 0 fully saturated rings. The molecule has 8 aromatic carbocycles. The molecule has 0 spiro atoms. The maximum absolute atomic E-state index is 6.53. The number of nitrogens with zero attached hydrogens (tertiary/aromatic N) is 2. The van der Waals surface area contributed by atoms with Gasteiger partial charge in [0.2, 0.25) is 0 Å². The van der Waals surface area contributed by atoms with Crippen LogP contribution < -0.4 is 0 Å². The molecule has 248 valence electrons. The average molecular weight is 677 g/mol. The molecule has 0 atom stereocenters. The fourth-order valence-corrected chi connectivity index (χ4v) is 7.41. The van der Waals surface area contributed by atoms with Crippen LogP contribution in [0.2, 0.25) is 0 Å². The average Bonchev–Trinajstić information content (AvgIpc) is 3.63. The van der Waals surface area contributed by atoms with E-state index in [9.17, 15) is 0 Å². The van der Waals surface area contributed by atoms with Crippen molar-refractivity contribution in [3.8, 4) is 67.3 Å². The van der Waals surface area contributed by atoms with Crippen molar-refractivity contribution in [3.05, 3.63) is 194 Å². The van der Waals surface area contributed by atoms with Crippen molar-refractivity contribution in [2.24, 2.45) is 0 Å². The highest BCUT2D eigenvalue weighted by atomic mass is 16.3. The second-order valence-corrected chi connectivity index (χ2v) is 13.4. The molecule has 0 unspecified atom stereocenters. The largest absolute Gasteiger partial charge is 0.456 e. The first-order valence-electron chi connectivity index (χ1n) is 17.9. The maximum Gasteiger partial charge on any atom is 0.160 e. The Morgan fingerprint density at radius 3 is 1.58 bits per heavy atom. The van der Waals surface area contributed by atoms with Gasteiger partial charge < -0.3 is 4.42 Å². The van der Waals surface area contributed by atoms with Gasteiger partial charge in [-0.1, -0.05) is 146 Å². The first kappa shape index (κ1) is 30.7. The number of rotatable bonds is 6. The molecular weight excluding hydrogens is 645 g/mol. The molecule has 0 saturated heterocycles. The van der Waals surface area contributed by atoms with E-state index in [1.165, 1.54) is 21.9 Å². The highest BCUT2D eigenvalue weighted by Gasteiger charge is 2.16. The first-order valence-corrected chi connectivity index (χ1v) is 17.9. The lowest BCUT2D eigenvalue weighted by atomic mass is 9.92. The maximum atomic E-state index is 6.53. The third-order valence-electron chi connectivity index (χ3n) is 10.1. The van der Waals surface area contributed by atoms with Gasteiger partial charge in [-0.15, -0.1) is 0 Å². The molecule has 2 heterocycles. The van der Waals surface area contributed by atoms with E-state index < -0.39 is 0 Å². The topological polar surface area (TPSA) is 38.9 Å². The molecule has 0 saturated carbocycles. The predicted octanol–water partition coefficient (Wildman–Crippen LogP) is 13.5. The van der Waals surface area contributed by atoms with Gasteiger partial charge in [0.15, 0.2) is 5.82 Å². The number of aromatic nitrogens is 2. The zero-order valence-electron chi connectivity index (χ0n) is 28.8. The highest BCUT2D eigenvalue weighted by molar-refractivity contribution is 6.19. The fourth-order valence-electron chi connectivity index (χ4n) is 7.41. The van der Waals surface area contributed by atoms with Crippen LogP contribution in [0.3, 0.4) is 0 Å². The molecule has 53 heavy (non-hydrogen) atoms. The summed E-state index contributed by atoms with van der Waals surface area (Å²) in [6.45, 7) is 0. The summed E-state index contributed by atoms with van der Waals surface area (Å²) in [5.74, 6) is 0.691. The van der Waals surface area contributed by atoms with E-state index in [1.807, 2.05) is 24.3 Å². The van der Waals surface area contributed by atoms with Gasteiger partial charge >= 0.3 is 0 Å². The second-order valence-electron chi connectivity index (χ2n) is 13.4. The summed E-state index contributed by atoms with van der Waals surface area (Å²) in [7, 11) is 0. The molecule has 0 bridgehead atoms. The number of hydrogen-bond donors (Lipinski definition) is 0. The van der Waals surface area contributed by atoms with Gasteiger partial charge in [0.05, 0.1) is 11.4 Å². The minimum atomic E-state index is 0.691. The molecule has 0 radical (unpaired) electrons. The van der Waals surface area contributed by atoms with Gasteiger partial charge in [-0.05, 0) is 92.7 Å². The summed E-state index contributed by atoms with van der Waals surface area (Å²) in [6.07, 6.45) is 0. The molecule has 2 aromatic heterocycles. The first-order chi connectivity index (χ1) is 26.2. The Morgan fingerprint density at radius 2 is 0.849 bits per heavy atom. The van der Waals surface area contributed by atoms with E-state index in [-0.39, 0.29) is 0 Å². The Balaban J connectivity index is 1.18. The minimum absolute atomic E-state index is 0.691. The monoisotopic (exact) mass is 676 g/mol. The Kier molecular flexibility index (Phi) is 7.47. The van der Waals surface area contributed by atoms with Gasteiger partial charge in [-0.2, -0.15) is 0 Å². The standard InChI is InChI=1S/C50H32N2O/c1-4-13-33(14-5-1)37-20-12-21-38(27-37)40-28-41(39-23-25-44-48(31-39)53-47-26-24-34-15-10-11-22-43(34)49(44)47)30-42(29-40)46-32-45(35-16-6-2-7-17-35)51-50(52-46)36-18-8-3-9-19-36/h1-32H. The van der Waals surface area contributed by atoms with Crippen LogP contribution in [-0.2, 0) is 0 Å². The van der Waals surface area contributed by atoms with Crippen LogP contribution in [0, 0.1) is 0 Å². The van der Waals surface area contributed by atoms with E-state index in [1.54, 1.807) is 0 Å². The lowest BCUT2D eigenvalue weighted by Crippen LogP contribution is -1.96. The van der Waals surface area contributed by atoms with Gasteiger partial charge in [0.1, 0.15) is 11.2 Å². The van der Waals surface area contributed by atoms with Crippen LogP contribution >= 0.6 is 0 Å². The Labute approximate surface area is 307 Å². The zero-order valence-corrected chi connectivity index (χ0v) is 28.8. The summed E-state index contributed by atoms with van der Waals surface area (Å²) in [5, 5.41) is 4.67. The van der Waals surface area contributed by atoms with Crippen LogP contribution in [-0.4, -0.2) is 9.97 Å². The smallest absolute Gasteiger partial charge is 0.160 e. The molecule has 10 aromatic rings. The summed E-state index contributed by atoms with van der Waals surface area (Å²) in [4.78, 5) is 10.3. The molecule has 0 amide bonds. The van der Waals surface area contributed by atoms with Gasteiger partial charge in [0.25, 0.3) is 0 Å². The molecule has 3 nitrogen and oxygen atoms in total. The summed E-state index contributed by atoms with van der Waals surface area (Å²) < 4.78 is 6.53. The van der Waals surface area contributed by atoms with Crippen molar-refractivity contribution >= 4 is 32.7 Å². The van der Waals surface area contributed by atoms with Gasteiger partial charge in [0, 0.05) is 27.5 Å². The van der Waals surface area contributed by atoms with Crippen LogP contribution in [0.15, 0.2) is 199 Å². The van der Waals surface area contributed by atoms with Gasteiger partial charge in [-0.3, -0.25) is 0 Å². The van der Waals surface area contributed by atoms with E-state index in [2.05, 4.69) is 170 Å². The normalized spacial score (nSPS) is 11.4. The van der Waals surface area contributed by atoms with Crippen LogP contribution in [0.1, 0.15) is 0 Å². The zero-order chi connectivity index (χ0) is 35.1. The Hall–Kier alpha value is -7.10. The SMILES string of the molecule is c1ccc(-c2cccc(-c3cc(-c4ccc5c(c4)oc4ccc6ccccc6c45)cc(-c4cc(-c5ccccc5)nc(-c5ccccc5)n4)c3)c2)cc1. The van der Waals surface area contributed by atoms with E-state index >= 15 is 0 Å². The molecule has 0 N–H and O–H groups in total. The summed E-state index contributed by atoms with van der Waals surface area (Å²) >= 11 is 0. The highest BCUT2D eigenvalue weighted by Crippen LogP contribution is 2.39. The predicted molar refractivity (Wildman–Crippen MR) is 219 cm³/mol. The number of fused-ring (bicyclic) bond motifs is 5. The van der Waals surface area contributed by atoms with Crippen LogP contribution in [0.5, 0.6) is 0 Å². The third-order valence-corrected chi connectivity index (χ3v) is 10.1. The Morgan fingerprint density at radius 1 is 0.302 bits per heavy atom. The number of furan rings is 1. The van der Waals surface area contributed by atoms with Crippen molar-refractivity contribution in [2.45, 2.75) is 0 Å². The number of benzene rings is 8. The lowest BCUT2D eigenvalue weighted by molar-refractivity contribution is 0.669. The third kappa shape index (κ3) is 5.75. The molecule has 0 aliphatic heterocycles. The summed E-state index contributed by atoms with van der Waals surface area (Å²) in [5.41, 5.74) is 13.3. The molecule has 0 aliphatic rings. The quantitative estimate of drug-likeness (QED) is 0.176. The van der Waals surface area contributed by atoms with E-state index in [0.717, 1.165) is 72.3 Å². The minimum Gasteiger partial charge on any atom is -0.456 e. The summed E-state index contributed by atoms with van der Waals surface area (Å²) in [6, 6.07) is 68.1. The molecular formula is C50H32N2O. The lowest BCUT2D eigenvalue weighted by Gasteiger charge is -2.14. The van der Waals surface area contributed by atoms with Crippen LogP contribution in [0.25, 0.3) is 100.0 Å². The van der Waals surface area contributed by atoms with E-state index in [4.69, 9.17) is 14.4 Å². The number of hydrogen-bond acceptors (Lipinski definition) is 3.